The van der Waals surface area contributed by atoms with Crippen molar-refractivity contribution in [1.29, 1.82) is 0 Å². The van der Waals surface area contributed by atoms with Gasteiger partial charge >= 0.3 is 5.97 Å². The van der Waals surface area contributed by atoms with Gasteiger partial charge < -0.3 is 10.4 Å². The third-order valence-corrected chi connectivity index (χ3v) is 3.46. The second kappa shape index (κ2) is 5.78. The van der Waals surface area contributed by atoms with Crippen LogP contribution in [0.15, 0.2) is 54.6 Å². The quantitative estimate of drug-likeness (QED) is 0.871. The summed E-state index contributed by atoms with van der Waals surface area (Å²) in [4.78, 5) is 11.4. The molecule has 3 nitrogen and oxygen atoms in total. The lowest BCUT2D eigenvalue weighted by Crippen LogP contribution is -2.29. The average Bonchev–Trinajstić information content (AvgIpc) is 2.46. The van der Waals surface area contributed by atoms with Gasteiger partial charge in [-0.1, -0.05) is 48.5 Å². The first kappa shape index (κ1) is 14.1. The van der Waals surface area contributed by atoms with Crippen LogP contribution in [0.3, 0.4) is 0 Å². The zero-order valence-electron chi connectivity index (χ0n) is 11.8. The SMILES string of the molecule is CC(C)(C(=O)O)c1ccccc1NCc1ccccc1. The van der Waals surface area contributed by atoms with Crippen LogP contribution in [0, 0.1) is 0 Å². The van der Waals surface area contributed by atoms with Gasteiger partial charge in [0.2, 0.25) is 0 Å². The molecular weight excluding hydrogens is 250 g/mol. The van der Waals surface area contributed by atoms with Crippen molar-refractivity contribution in [3.63, 3.8) is 0 Å². The number of rotatable bonds is 5. The van der Waals surface area contributed by atoms with E-state index in [1.54, 1.807) is 13.8 Å². The molecular formula is C17H19NO2. The lowest BCUT2D eigenvalue weighted by molar-refractivity contribution is -0.142. The van der Waals surface area contributed by atoms with Crippen LogP contribution in [-0.4, -0.2) is 11.1 Å². The Kier molecular flexibility index (Phi) is 4.08. The van der Waals surface area contributed by atoms with Crippen LogP contribution < -0.4 is 5.32 Å². The minimum absolute atomic E-state index is 0.674. The summed E-state index contributed by atoms with van der Waals surface area (Å²) < 4.78 is 0. The lowest BCUT2D eigenvalue weighted by Gasteiger charge is -2.23. The number of carboxylic acid groups (broad SMARTS) is 1. The fourth-order valence-electron chi connectivity index (χ4n) is 2.09. The molecule has 2 aromatic rings. The van der Waals surface area contributed by atoms with Gasteiger partial charge in [0.05, 0.1) is 5.41 Å². The van der Waals surface area contributed by atoms with Crippen LogP contribution in [0.5, 0.6) is 0 Å². The highest BCUT2D eigenvalue weighted by molar-refractivity contribution is 5.83. The van der Waals surface area contributed by atoms with Crippen LogP contribution in [-0.2, 0) is 16.8 Å². The Morgan fingerprint density at radius 3 is 2.30 bits per heavy atom. The zero-order valence-corrected chi connectivity index (χ0v) is 11.8. The highest BCUT2D eigenvalue weighted by Crippen LogP contribution is 2.30. The largest absolute Gasteiger partial charge is 0.481 e. The van der Waals surface area contributed by atoms with Crippen molar-refractivity contribution in [3.05, 3.63) is 65.7 Å². The highest BCUT2D eigenvalue weighted by atomic mass is 16.4. The summed E-state index contributed by atoms with van der Waals surface area (Å²) >= 11 is 0. The lowest BCUT2D eigenvalue weighted by atomic mass is 9.83. The molecule has 0 spiro atoms. The van der Waals surface area contributed by atoms with E-state index in [0.717, 1.165) is 16.8 Å². The maximum Gasteiger partial charge on any atom is 0.313 e. The molecule has 2 aromatic carbocycles. The predicted octanol–water partition coefficient (Wildman–Crippen LogP) is 3.66. The summed E-state index contributed by atoms with van der Waals surface area (Å²) in [5, 5.41) is 12.7. The monoisotopic (exact) mass is 269 g/mol. The normalized spacial score (nSPS) is 11.1. The second-order valence-electron chi connectivity index (χ2n) is 5.31. The molecule has 0 aliphatic rings. The molecule has 0 aliphatic heterocycles. The van der Waals surface area contributed by atoms with Crippen LogP contribution in [0.4, 0.5) is 5.69 Å². The standard InChI is InChI=1S/C17H19NO2/c1-17(2,16(19)20)14-10-6-7-11-15(14)18-12-13-8-4-3-5-9-13/h3-11,18H,12H2,1-2H3,(H,19,20). The van der Waals surface area contributed by atoms with E-state index in [9.17, 15) is 9.90 Å². The van der Waals surface area contributed by atoms with Gasteiger partial charge in [0, 0.05) is 12.2 Å². The molecule has 0 amide bonds. The first-order valence-corrected chi connectivity index (χ1v) is 6.62. The van der Waals surface area contributed by atoms with Crippen molar-refractivity contribution in [2.75, 3.05) is 5.32 Å². The van der Waals surface area contributed by atoms with E-state index < -0.39 is 11.4 Å². The van der Waals surface area contributed by atoms with Gasteiger partial charge in [-0.05, 0) is 31.0 Å². The molecule has 2 rings (SSSR count). The summed E-state index contributed by atoms with van der Waals surface area (Å²) in [6.45, 7) is 4.12. The Balaban J connectivity index is 2.23. The van der Waals surface area contributed by atoms with Crippen LogP contribution in [0.2, 0.25) is 0 Å². The van der Waals surface area contributed by atoms with E-state index in [-0.39, 0.29) is 0 Å². The number of hydrogen-bond donors (Lipinski definition) is 2. The summed E-state index contributed by atoms with van der Waals surface area (Å²) in [6.07, 6.45) is 0. The molecule has 0 bridgehead atoms. The third kappa shape index (κ3) is 2.99. The van der Waals surface area contributed by atoms with Crippen LogP contribution in [0.1, 0.15) is 25.0 Å². The highest BCUT2D eigenvalue weighted by Gasteiger charge is 2.31. The Morgan fingerprint density at radius 2 is 1.65 bits per heavy atom. The Morgan fingerprint density at radius 1 is 1.05 bits per heavy atom. The molecule has 20 heavy (non-hydrogen) atoms. The van der Waals surface area contributed by atoms with Gasteiger partial charge in [0.1, 0.15) is 0 Å². The van der Waals surface area contributed by atoms with E-state index in [4.69, 9.17) is 0 Å². The molecule has 0 saturated heterocycles. The Hall–Kier alpha value is -2.29. The average molecular weight is 269 g/mol. The number of anilines is 1. The minimum Gasteiger partial charge on any atom is -0.481 e. The summed E-state index contributed by atoms with van der Waals surface area (Å²) in [5.74, 6) is -0.827. The van der Waals surface area contributed by atoms with Crippen LogP contribution >= 0.6 is 0 Å². The molecule has 0 radical (unpaired) electrons. The molecule has 0 atom stereocenters. The van der Waals surface area contributed by atoms with Crippen molar-refractivity contribution in [2.24, 2.45) is 0 Å². The van der Waals surface area contributed by atoms with Crippen molar-refractivity contribution < 1.29 is 9.90 Å². The zero-order chi connectivity index (χ0) is 14.6. The van der Waals surface area contributed by atoms with E-state index in [1.165, 1.54) is 0 Å². The predicted molar refractivity (Wildman–Crippen MR) is 80.9 cm³/mol. The van der Waals surface area contributed by atoms with E-state index in [1.807, 2.05) is 54.6 Å². The molecule has 0 aliphatic carbocycles. The van der Waals surface area contributed by atoms with E-state index >= 15 is 0 Å². The number of nitrogens with one attached hydrogen (secondary N) is 1. The number of para-hydroxylation sites is 1. The number of carbonyl (C=O) groups is 1. The van der Waals surface area contributed by atoms with Gasteiger partial charge in [-0.25, -0.2) is 0 Å². The Bertz CT molecular complexity index is 591. The molecule has 0 heterocycles. The summed E-state index contributed by atoms with van der Waals surface area (Å²) in [6, 6.07) is 17.6. The maximum atomic E-state index is 11.4. The van der Waals surface area contributed by atoms with Crippen molar-refractivity contribution in [3.8, 4) is 0 Å². The minimum atomic E-state index is -0.916. The van der Waals surface area contributed by atoms with Gasteiger partial charge in [0.25, 0.3) is 0 Å². The smallest absolute Gasteiger partial charge is 0.313 e. The fourth-order valence-corrected chi connectivity index (χ4v) is 2.09. The maximum absolute atomic E-state index is 11.4. The number of hydrogen-bond acceptors (Lipinski definition) is 2. The first-order chi connectivity index (χ1) is 9.51. The molecule has 0 saturated carbocycles. The summed E-state index contributed by atoms with van der Waals surface area (Å²) in [5.41, 5.74) is 1.91. The van der Waals surface area contributed by atoms with Crippen molar-refractivity contribution in [1.82, 2.24) is 0 Å². The van der Waals surface area contributed by atoms with Gasteiger partial charge in [0.15, 0.2) is 0 Å². The Labute approximate surface area is 119 Å². The topological polar surface area (TPSA) is 49.3 Å². The van der Waals surface area contributed by atoms with E-state index in [0.29, 0.717) is 6.54 Å². The molecule has 104 valence electrons. The summed E-state index contributed by atoms with van der Waals surface area (Å²) in [7, 11) is 0. The number of benzene rings is 2. The van der Waals surface area contributed by atoms with Crippen LogP contribution in [0.25, 0.3) is 0 Å². The van der Waals surface area contributed by atoms with E-state index in [2.05, 4.69) is 5.32 Å². The van der Waals surface area contributed by atoms with Gasteiger partial charge in [-0.2, -0.15) is 0 Å². The van der Waals surface area contributed by atoms with Gasteiger partial charge in [-0.3, -0.25) is 4.79 Å². The molecule has 0 fully saturated rings. The number of aliphatic carboxylic acids is 1. The molecule has 0 unspecified atom stereocenters. The first-order valence-electron chi connectivity index (χ1n) is 6.62. The molecule has 3 heteroatoms. The molecule has 2 N–H and O–H groups in total. The van der Waals surface area contributed by atoms with Gasteiger partial charge in [-0.15, -0.1) is 0 Å². The number of carboxylic acids is 1. The molecule has 0 aromatic heterocycles. The second-order valence-corrected chi connectivity index (χ2v) is 5.31. The third-order valence-electron chi connectivity index (χ3n) is 3.46. The fraction of sp³-hybridized carbons (Fsp3) is 0.235. The van der Waals surface area contributed by atoms with Crippen molar-refractivity contribution in [2.45, 2.75) is 25.8 Å². The van der Waals surface area contributed by atoms with Crippen molar-refractivity contribution >= 4 is 11.7 Å².